The van der Waals surface area contributed by atoms with Crippen LogP contribution >= 0.6 is 0 Å². The third kappa shape index (κ3) is 7.19. The van der Waals surface area contributed by atoms with E-state index in [0.29, 0.717) is 6.42 Å². The first-order valence-corrected chi connectivity index (χ1v) is 20.0. The molecule has 6 rings (SSSR count). The molecule has 19 atom stereocenters. The fourth-order valence-corrected chi connectivity index (χ4v) is 11.3. The van der Waals surface area contributed by atoms with E-state index in [9.17, 15) is 20.1 Å². The average Bonchev–Trinajstić information content (AvgIpc) is 3.75. The number of hydrogen-bond donors (Lipinski definition) is 3. The highest BCUT2D eigenvalue weighted by Gasteiger charge is 2.65. The highest BCUT2D eigenvalue weighted by Crippen LogP contribution is 2.57. The first-order valence-electron chi connectivity index (χ1n) is 20.0. The van der Waals surface area contributed by atoms with Crippen LogP contribution in [0.2, 0.25) is 0 Å². The number of ether oxygens (including phenoxy) is 7. The zero-order chi connectivity index (χ0) is 37.3. The third-order valence-corrected chi connectivity index (χ3v) is 14.4. The molecule has 1 spiro atoms. The summed E-state index contributed by atoms with van der Waals surface area (Å²) >= 11 is 0. The lowest BCUT2D eigenvalue weighted by Gasteiger charge is -2.50. The summed E-state index contributed by atoms with van der Waals surface area (Å²) in [6.45, 7) is 18.4. The van der Waals surface area contributed by atoms with Gasteiger partial charge in [-0.2, -0.15) is 0 Å². The number of rotatable bonds is 9. The minimum Gasteiger partial charge on any atom is -0.481 e. The van der Waals surface area contributed by atoms with Gasteiger partial charge < -0.3 is 48.5 Å². The zero-order valence-electron chi connectivity index (χ0n) is 32.8. The van der Waals surface area contributed by atoms with E-state index in [4.69, 9.17) is 33.2 Å². The van der Waals surface area contributed by atoms with Gasteiger partial charge in [-0.3, -0.25) is 4.79 Å². The molecule has 3 N–H and O–H groups in total. The molecular formula is C40H68O11. The molecule has 6 heterocycles. The molecule has 6 saturated heterocycles. The second-order valence-corrected chi connectivity index (χ2v) is 18.4. The number of hydrogen-bond acceptors (Lipinski definition) is 10. The smallest absolute Gasteiger partial charge is 0.308 e. The van der Waals surface area contributed by atoms with Crippen molar-refractivity contribution in [1.82, 2.24) is 0 Å². The van der Waals surface area contributed by atoms with Crippen LogP contribution in [0.4, 0.5) is 0 Å². The fraction of sp³-hybridized carbons (Fsp3) is 0.975. The van der Waals surface area contributed by atoms with E-state index in [1.807, 2.05) is 6.92 Å². The van der Waals surface area contributed by atoms with Gasteiger partial charge in [-0.25, -0.2) is 0 Å². The molecule has 11 heteroatoms. The van der Waals surface area contributed by atoms with Crippen molar-refractivity contribution in [2.45, 2.75) is 192 Å². The Hall–Kier alpha value is -0.890. The van der Waals surface area contributed by atoms with Gasteiger partial charge in [0.1, 0.15) is 0 Å². The Balaban J connectivity index is 1.13. The second-order valence-electron chi connectivity index (χ2n) is 18.4. The summed E-state index contributed by atoms with van der Waals surface area (Å²) in [4.78, 5) is 11.8. The minimum atomic E-state index is -1.55. The van der Waals surface area contributed by atoms with Crippen LogP contribution in [0.3, 0.4) is 0 Å². The number of aliphatic hydroxyl groups excluding tert-OH is 1. The van der Waals surface area contributed by atoms with Crippen LogP contribution in [0.25, 0.3) is 0 Å². The molecule has 0 amide bonds. The standard InChI is InChI=1S/C40H68O11/c1-21-11-12-28(46-33(21)26(6)36(42)43)17-29-18-30(45-10)27(7)40(48-29)25(5)19-38(9,51-40)32-13-14-37(8,49-32)35-23(3)16-31(47-35)34-22(2)15-24(4)39(44,20-41)50-34/h21-35,41,44H,11-20H2,1-10H3,(H,42,43)/t21-,22-,23-,24+,25+,26+,27+,28+,29+,30+,31+,32+,33+,34-,35?,37-,38-,39-,40+/m0/s1. The van der Waals surface area contributed by atoms with E-state index in [1.165, 1.54) is 0 Å². The lowest BCUT2D eigenvalue weighted by Crippen LogP contribution is -2.58. The molecule has 1 unspecified atom stereocenters. The molecule has 51 heavy (non-hydrogen) atoms. The van der Waals surface area contributed by atoms with Gasteiger partial charge in [-0.1, -0.05) is 41.5 Å². The molecule has 0 radical (unpaired) electrons. The van der Waals surface area contributed by atoms with Crippen LogP contribution in [0.5, 0.6) is 0 Å². The predicted molar refractivity (Wildman–Crippen MR) is 189 cm³/mol. The molecule has 6 aliphatic rings. The van der Waals surface area contributed by atoms with Gasteiger partial charge in [0.05, 0.1) is 72.6 Å². The highest BCUT2D eigenvalue weighted by molar-refractivity contribution is 5.70. The topological polar surface area (TPSA) is 142 Å². The van der Waals surface area contributed by atoms with Crippen LogP contribution in [-0.4, -0.2) is 107 Å². The number of carboxylic acid groups (broad SMARTS) is 1. The van der Waals surface area contributed by atoms with E-state index in [0.717, 1.165) is 51.4 Å². The zero-order valence-corrected chi connectivity index (χ0v) is 32.8. The summed E-state index contributed by atoms with van der Waals surface area (Å²) in [5.74, 6) is -3.26. The summed E-state index contributed by atoms with van der Waals surface area (Å²) in [7, 11) is 1.77. The summed E-state index contributed by atoms with van der Waals surface area (Å²) in [5.41, 5.74) is -1.10. The van der Waals surface area contributed by atoms with Gasteiger partial charge in [-0.15, -0.1) is 0 Å². The monoisotopic (exact) mass is 724 g/mol. The Labute approximate surface area is 305 Å². The summed E-state index contributed by atoms with van der Waals surface area (Å²) < 4.78 is 47.0. The maximum Gasteiger partial charge on any atom is 0.308 e. The third-order valence-electron chi connectivity index (χ3n) is 14.4. The number of carbonyl (C=O) groups is 1. The molecule has 0 aromatic heterocycles. The number of carboxylic acids is 1. The van der Waals surface area contributed by atoms with Gasteiger partial charge in [0.15, 0.2) is 11.6 Å². The van der Waals surface area contributed by atoms with Crippen LogP contribution < -0.4 is 0 Å². The van der Waals surface area contributed by atoms with Crippen molar-refractivity contribution in [1.29, 1.82) is 0 Å². The van der Waals surface area contributed by atoms with E-state index >= 15 is 0 Å². The summed E-state index contributed by atoms with van der Waals surface area (Å²) in [6.07, 6.45) is 5.85. The van der Waals surface area contributed by atoms with Gasteiger partial charge >= 0.3 is 5.97 Å². The first-order chi connectivity index (χ1) is 23.9. The molecule has 0 saturated carbocycles. The Morgan fingerprint density at radius 1 is 0.863 bits per heavy atom. The van der Waals surface area contributed by atoms with Crippen molar-refractivity contribution < 1.29 is 53.3 Å². The van der Waals surface area contributed by atoms with E-state index in [2.05, 4.69) is 48.5 Å². The number of aliphatic hydroxyl groups is 2. The quantitative estimate of drug-likeness (QED) is 0.269. The molecular weight excluding hydrogens is 656 g/mol. The Kier molecular flexibility index (Phi) is 11.4. The van der Waals surface area contributed by atoms with Gasteiger partial charge in [0, 0.05) is 37.7 Å². The molecule has 0 bridgehead atoms. The average molecular weight is 725 g/mol. The van der Waals surface area contributed by atoms with Crippen molar-refractivity contribution in [3.8, 4) is 0 Å². The number of aliphatic carboxylic acids is 1. The number of methoxy groups -OCH3 is 1. The maximum atomic E-state index is 11.8. The minimum absolute atomic E-state index is 0.00727. The van der Waals surface area contributed by atoms with Crippen molar-refractivity contribution >= 4 is 5.97 Å². The van der Waals surface area contributed by atoms with Crippen molar-refractivity contribution in [3.63, 3.8) is 0 Å². The van der Waals surface area contributed by atoms with E-state index < -0.39 is 41.3 Å². The van der Waals surface area contributed by atoms with E-state index in [1.54, 1.807) is 14.0 Å². The van der Waals surface area contributed by atoms with Gasteiger partial charge in [0.25, 0.3) is 0 Å². The maximum absolute atomic E-state index is 11.8. The van der Waals surface area contributed by atoms with Gasteiger partial charge in [-0.05, 0) is 83.5 Å². The molecule has 6 aliphatic heterocycles. The summed E-state index contributed by atoms with van der Waals surface area (Å²) in [5, 5.41) is 30.7. The second kappa shape index (κ2) is 14.6. The fourth-order valence-electron chi connectivity index (χ4n) is 11.3. The van der Waals surface area contributed by atoms with Crippen LogP contribution in [-0.2, 0) is 38.0 Å². The Bertz CT molecular complexity index is 1230. The predicted octanol–water partition coefficient (Wildman–Crippen LogP) is 5.71. The molecule has 6 fully saturated rings. The molecule has 0 aliphatic carbocycles. The SMILES string of the molecule is CO[C@@H]1C[C@@H](C[C@H]2CC[C@H](C)[C@H]([C@@H](C)C(=O)O)O2)O[C@]2(O[C@](C)([C@H]3CC[C@@](C)(C4O[C@@H]([C@H]5O[C@@](O)(CO)[C@H](C)C[C@@H]5C)C[C@@H]4C)O3)C[C@H]2C)[C@@H]1C. The molecule has 0 aromatic rings. The summed E-state index contributed by atoms with van der Waals surface area (Å²) in [6, 6.07) is 0. The van der Waals surface area contributed by atoms with Crippen LogP contribution in [0, 0.1) is 41.4 Å². The van der Waals surface area contributed by atoms with Crippen molar-refractivity contribution in [2.75, 3.05) is 13.7 Å². The molecule has 11 nitrogen and oxygen atoms in total. The van der Waals surface area contributed by atoms with E-state index in [-0.39, 0.29) is 84.3 Å². The highest BCUT2D eigenvalue weighted by atomic mass is 16.7. The molecule has 0 aromatic carbocycles. The van der Waals surface area contributed by atoms with Crippen LogP contribution in [0.15, 0.2) is 0 Å². The Morgan fingerprint density at radius 3 is 2.25 bits per heavy atom. The van der Waals surface area contributed by atoms with Crippen molar-refractivity contribution in [2.24, 2.45) is 41.4 Å². The Morgan fingerprint density at radius 2 is 1.59 bits per heavy atom. The lowest BCUT2D eigenvalue weighted by molar-refractivity contribution is -0.353. The largest absolute Gasteiger partial charge is 0.481 e. The lowest BCUT2D eigenvalue weighted by atomic mass is 9.78. The normalized spacial score (nSPS) is 54.2. The van der Waals surface area contributed by atoms with Crippen LogP contribution in [0.1, 0.15) is 120 Å². The van der Waals surface area contributed by atoms with Gasteiger partial charge in [0.2, 0.25) is 0 Å². The van der Waals surface area contributed by atoms with Crippen molar-refractivity contribution in [3.05, 3.63) is 0 Å². The first kappa shape index (κ1) is 39.8. The molecule has 294 valence electrons.